The van der Waals surface area contributed by atoms with Gasteiger partial charge in [0.05, 0.1) is 7.11 Å². The van der Waals surface area contributed by atoms with E-state index in [9.17, 15) is 14.4 Å². The normalized spacial score (nSPS) is 11.3. The summed E-state index contributed by atoms with van der Waals surface area (Å²) in [5, 5.41) is 0. The van der Waals surface area contributed by atoms with Crippen LogP contribution in [-0.4, -0.2) is 30.9 Å². The van der Waals surface area contributed by atoms with E-state index in [0.29, 0.717) is 5.75 Å². The molecule has 0 radical (unpaired) electrons. The van der Waals surface area contributed by atoms with Gasteiger partial charge in [0.2, 0.25) is 5.78 Å². The second-order valence-corrected chi connectivity index (χ2v) is 3.70. The lowest BCUT2D eigenvalue weighted by molar-refractivity contribution is -0.164. The molecule has 0 bridgehead atoms. The van der Waals surface area contributed by atoms with Crippen LogP contribution in [0.15, 0.2) is 24.3 Å². The number of hydrogen-bond acceptors (Lipinski definition) is 6. The summed E-state index contributed by atoms with van der Waals surface area (Å²) < 4.78 is 14.5. The number of ketones is 1. The van der Waals surface area contributed by atoms with Crippen LogP contribution < -0.4 is 9.47 Å². The third-order valence-electron chi connectivity index (χ3n) is 2.18. The molecule has 0 aliphatic heterocycles. The lowest BCUT2D eigenvalue weighted by Crippen LogP contribution is -2.30. The van der Waals surface area contributed by atoms with Crippen molar-refractivity contribution in [1.29, 1.82) is 0 Å². The highest BCUT2D eigenvalue weighted by atomic mass is 16.6. The molecule has 0 heterocycles. The number of methoxy groups -OCH3 is 1. The Labute approximate surface area is 110 Å². The van der Waals surface area contributed by atoms with Crippen LogP contribution in [0.2, 0.25) is 0 Å². The number of carbonyl (C=O) groups excluding carboxylic acids is 3. The molecule has 1 aromatic rings. The van der Waals surface area contributed by atoms with Gasteiger partial charge in [0.1, 0.15) is 11.5 Å². The molecule has 0 saturated carbocycles. The number of rotatable bonds is 5. The quantitative estimate of drug-likeness (QED) is 0.451. The Kier molecular flexibility index (Phi) is 5.05. The molecule has 0 spiro atoms. The van der Waals surface area contributed by atoms with Crippen molar-refractivity contribution in [2.45, 2.75) is 20.0 Å². The van der Waals surface area contributed by atoms with Gasteiger partial charge < -0.3 is 14.2 Å². The van der Waals surface area contributed by atoms with E-state index < -0.39 is 23.8 Å². The lowest BCUT2D eigenvalue weighted by Gasteiger charge is -2.11. The molecule has 6 nitrogen and oxygen atoms in total. The summed E-state index contributed by atoms with van der Waals surface area (Å²) >= 11 is 0. The van der Waals surface area contributed by atoms with Crippen molar-refractivity contribution in [3.05, 3.63) is 24.3 Å². The van der Waals surface area contributed by atoms with Gasteiger partial charge in [0.15, 0.2) is 6.10 Å². The third kappa shape index (κ3) is 4.42. The van der Waals surface area contributed by atoms with Gasteiger partial charge in [-0.2, -0.15) is 0 Å². The number of esters is 2. The highest BCUT2D eigenvalue weighted by Gasteiger charge is 2.22. The average Bonchev–Trinajstić information content (AvgIpc) is 2.39. The molecule has 6 heteroatoms. The van der Waals surface area contributed by atoms with Gasteiger partial charge in [-0.3, -0.25) is 4.79 Å². The van der Waals surface area contributed by atoms with E-state index in [-0.39, 0.29) is 5.75 Å². The average molecular weight is 266 g/mol. The predicted octanol–water partition coefficient (Wildman–Crippen LogP) is 1.12. The molecule has 0 aliphatic rings. The minimum absolute atomic E-state index is 0.288. The van der Waals surface area contributed by atoms with E-state index in [2.05, 4.69) is 4.74 Å². The molecule has 0 saturated heterocycles. The van der Waals surface area contributed by atoms with Crippen molar-refractivity contribution in [2.24, 2.45) is 0 Å². The Morgan fingerprint density at radius 2 is 1.58 bits per heavy atom. The summed E-state index contributed by atoms with van der Waals surface area (Å²) in [5.74, 6) is -1.70. The molecule has 0 aliphatic carbocycles. The molecule has 19 heavy (non-hydrogen) atoms. The Balaban J connectivity index is 2.58. The first-order valence-corrected chi connectivity index (χ1v) is 5.51. The third-order valence-corrected chi connectivity index (χ3v) is 2.18. The molecule has 102 valence electrons. The van der Waals surface area contributed by atoms with Crippen molar-refractivity contribution in [3.63, 3.8) is 0 Å². The van der Waals surface area contributed by atoms with Gasteiger partial charge >= 0.3 is 11.9 Å². The zero-order chi connectivity index (χ0) is 14.4. The van der Waals surface area contributed by atoms with Gasteiger partial charge in [-0.05, 0) is 31.2 Å². The fraction of sp³-hybridized carbons (Fsp3) is 0.308. The number of Topliss-reactive ketones (excluding diaryl/α,β-unsaturated/α-hetero) is 1. The Morgan fingerprint density at radius 1 is 1.05 bits per heavy atom. The first-order chi connectivity index (χ1) is 8.93. The summed E-state index contributed by atoms with van der Waals surface area (Å²) in [7, 11) is 1.52. The first kappa shape index (κ1) is 14.7. The molecule has 1 atom stereocenters. The zero-order valence-corrected chi connectivity index (χ0v) is 10.8. The number of ether oxygens (including phenoxy) is 3. The SMILES string of the molecule is COc1ccc(OC(=O)C(C)OC(=O)C(C)=O)cc1. The summed E-state index contributed by atoms with van der Waals surface area (Å²) in [6.07, 6.45) is -1.15. The monoisotopic (exact) mass is 266 g/mol. The number of benzene rings is 1. The minimum atomic E-state index is -1.15. The van der Waals surface area contributed by atoms with Crippen LogP contribution in [0.5, 0.6) is 11.5 Å². The van der Waals surface area contributed by atoms with Crippen molar-refractivity contribution in [1.82, 2.24) is 0 Å². The molecular weight excluding hydrogens is 252 g/mol. The molecule has 0 N–H and O–H groups in total. The highest BCUT2D eigenvalue weighted by molar-refractivity contribution is 6.32. The molecule has 0 aromatic heterocycles. The van der Waals surface area contributed by atoms with Crippen molar-refractivity contribution in [2.75, 3.05) is 7.11 Å². The van der Waals surface area contributed by atoms with Crippen LogP contribution in [-0.2, 0) is 19.1 Å². The molecule has 1 unspecified atom stereocenters. The fourth-order valence-corrected chi connectivity index (χ4v) is 1.13. The van der Waals surface area contributed by atoms with Crippen LogP contribution in [0.1, 0.15) is 13.8 Å². The molecule has 0 fully saturated rings. The van der Waals surface area contributed by atoms with Crippen molar-refractivity contribution in [3.8, 4) is 11.5 Å². The second kappa shape index (κ2) is 6.53. The molecular formula is C13H14O6. The van der Waals surface area contributed by atoms with Gasteiger partial charge in [0, 0.05) is 6.92 Å². The van der Waals surface area contributed by atoms with Gasteiger partial charge in [0.25, 0.3) is 0 Å². The molecule has 0 amide bonds. The van der Waals surface area contributed by atoms with Crippen LogP contribution >= 0.6 is 0 Å². The first-order valence-electron chi connectivity index (χ1n) is 5.51. The van der Waals surface area contributed by atoms with E-state index in [0.717, 1.165) is 6.92 Å². The van der Waals surface area contributed by atoms with Crippen molar-refractivity contribution >= 4 is 17.7 Å². The maximum Gasteiger partial charge on any atom is 0.375 e. The fourth-order valence-electron chi connectivity index (χ4n) is 1.13. The van der Waals surface area contributed by atoms with E-state index in [1.54, 1.807) is 12.1 Å². The lowest BCUT2D eigenvalue weighted by atomic mass is 10.3. The van der Waals surface area contributed by atoms with Crippen LogP contribution in [0.3, 0.4) is 0 Å². The minimum Gasteiger partial charge on any atom is -0.497 e. The Bertz CT molecular complexity index is 476. The summed E-state index contributed by atoms with van der Waals surface area (Å²) in [6.45, 7) is 2.39. The standard InChI is InChI=1S/C13H14O6/c1-8(14)12(15)18-9(2)13(16)19-11-6-4-10(17-3)5-7-11/h4-7,9H,1-3H3. The summed E-state index contributed by atoms with van der Waals surface area (Å²) in [4.78, 5) is 33.3. The Hall–Kier alpha value is -2.37. The van der Waals surface area contributed by atoms with E-state index >= 15 is 0 Å². The summed E-state index contributed by atoms with van der Waals surface area (Å²) in [6, 6.07) is 6.32. The van der Waals surface area contributed by atoms with Crippen LogP contribution in [0.4, 0.5) is 0 Å². The van der Waals surface area contributed by atoms with E-state index in [4.69, 9.17) is 9.47 Å². The van der Waals surface area contributed by atoms with E-state index in [1.165, 1.54) is 26.2 Å². The Morgan fingerprint density at radius 3 is 2.05 bits per heavy atom. The molecule has 1 rings (SSSR count). The van der Waals surface area contributed by atoms with Gasteiger partial charge in [-0.15, -0.1) is 0 Å². The predicted molar refractivity (Wildman–Crippen MR) is 64.9 cm³/mol. The maximum atomic E-state index is 11.6. The zero-order valence-electron chi connectivity index (χ0n) is 10.8. The maximum absolute atomic E-state index is 11.6. The largest absolute Gasteiger partial charge is 0.497 e. The number of carbonyl (C=O) groups is 3. The number of hydrogen-bond donors (Lipinski definition) is 0. The second-order valence-electron chi connectivity index (χ2n) is 3.70. The molecule has 1 aromatic carbocycles. The topological polar surface area (TPSA) is 78.9 Å². The van der Waals surface area contributed by atoms with Gasteiger partial charge in [-0.1, -0.05) is 0 Å². The van der Waals surface area contributed by atoms with Crippen LogP contribution in [0, 0.1) is 0 Å². The van der Waals surface area contributed by atoms with E-state index in [1.807, 2.05) is 0 Å². The smallest absolute Gasteiger partial charge is 0.375 e. The van der Waals surface area contributed by atoms with Crippen molar-refractivity contribution < 1.29 is 28.6 Å². The summed E-state index contributed by atoms with van der Waals surface area (Å²) in [5.41, 5.74) is 0. The van der Waals surface area contributed by atoms with Gasteiger partial charge in [-0.25, -0.2) is 9.59 Å². The highest BCUT2D eigenvalue weighted by Crippen LogP contribution is 2.17. The van der Waals surface area contributed by atoms with Crippen LogP contribution in [0.25, 0.3) is 0 Å².